The minimum atomic E-state index is -0.0475. The van der Waals surface area contributed by atoms with Crippen molar-refractivity contribution in [3.8, 4) is 17.9 Å². The van der Waals surface area contributed by atoms with Gasteiger partial charge in [-0.3, -0.25) is 0 Å². The summed E-state index contributed by atoms with van der Waals surface area (Å²) in [5.41, 5.74) is 1.29. The first-order valence-corrected chi connectivity index (χ1v) is 3.33. The van der Waals surface area contributed by atoms with Crippen molar-refractivity contribution in [3.05, 3.63) is 28.8 Å². The Hall–Kier alpha value is -2.00. The standard InChI is InChI=1S/C9H6N2O/c1-6-7(4-10)2-9(12)3-8(6)5-11/h2-3,12H,1H3. The number of hydrogen-bond acceptors (Lipinski definition) is 3. The second kappa shape index (κ2) is 2.94. The van der Waals surface area contributed by atoms with Gasteiger partial charge in [0.2, 0.25) is 0 Å². The minimum Gasteiger partial charge on any atom is -0.508 e. The highest BCUT2D eigenvalue weighted by Gasteiger charge is 2.04. The molecule has 3 nitrogen and oxygen atoms in total. The number of nitrogens with zero attached hydrogens (tertiary/aromatic N) is 2. The Morgan fingerprint density at radius 3 is 1.92 bits per heavy atom. The minimum absolute atomic E-state index is 0.0475. The summed E-state index contributed by atoms with van der Waals surface area (Å²) in [4.78, 5) is 0. The Bertz CT molecular complexity index is 361. The van der Waals surface area contributed by atoms with Gasteiger partial charge in [-0.25, -0.2) is 0 Å². The van der Waals surface area contributed by atoms with Crippen LogP contribution in [0.2, 0.25) is 0 Å². The predicted molar refractivity (Wildman–Crippen MR) is 42.3 cm³/mol. The van der Waals surface area contributed by atoms with Crippen molar-refractivity contribution in [2.24, 2.45) is 0 Å². The molecule has 0 aliphatic rings. The van der Waals surface area contributed by atoms with Gasteiger partial charge in [0.1, 0.15) is 5.75 Å². The highest BCUT2D eigenvalue weighted by molar-refractivity contribution is 5.51. The Morgan fingerprint density at radius 2 is 1.58 bits per heavy atom. The lowest BCUT2D eigenvalue weighted by atomic mass is 10.0. The molecule has 0 amide bonds. The van der Waals surface area contributed by atoms with Gasteiger partial charge >= 0.3 is 0 Å². The maximum Gasteiger partial charge on any atom is 0.118 e. The lowest BCUT2D eigenvalue weighted by molar-refractivity contribution is 0.475. The maximum absolute atomic E-state index is 9.08. The van der Waals surface area contributed by atoms with Crippen LogP contribution in [0.3, 0.4) is 0 Å². The highest BCUT2D eigenvalue weighted by atomic mass is 16.3. The normalized spacial score (nSPS) is 8.58. The number of nitriles is 2. The number of rotatable bonds is 0. The average Bonchev–Trinajstić information content (AvgIpc) is 2.08. The zero-order chi connectivity index (χ0) is 9.14. The molecule has 0 radical (unpaired) electrons. The third-order valence-corrected chi connectivity index (χ3v) is 1.63. The largest absolute Gasteiger partial charge is 0.508 e. The molecule has 0 heterocycles. The number of benzene rings is 1. The van der Waals surface area contributed by atoms with Crippen LogP contribution in [0.4, 0.5) is 0 Å². The zero-order valence-electron chi connectivity index (χ0n) is 6.50. The molecule has 0 atom stereocenters. The predicted octanol–water partition coefficient (Wildman–Crippen LogP) is 1.44. The molecule has 1 aromatic rings. The van der Waals surface area contributed by atoms with E-state index >= 15 is 0 Å². The van der Waals surface area contributed by atoms with E-state index in [9.17, 15) is 0 Å². The molecule has 0 aliphatic heterocycles. The first-order valence-electron chi connectivity index (χ1n) is 3.33. The summed E-state index contributed by atoms with van der Waals surface area (Å²) in [5.74, 6) is -0.0475. The Morgan fingerprint density at radius 1 is 1.17 bits per heavy atom. The molecule has 58 valence electrons. The highest BCUT2D eigenvalue weighted by Crippen LogP contribution is 2.19. The van der Waals surface area contributed by atoms with Crippen molar-refractivity contribution in [2.45, 2.75) is 6.92 Å². The van der Waals surface area contributed by atoms with Crippen molar-refractivity contribution in [1.29, 1.82) is 10.5 Å². The molecule has 1 N–H and O–H groups in total. The molecule has 3 heteroatoms. The molecular weight excluding hydrogens is 152 g/mol. The summed E-state index contributed by atoms with van der Waals surface area (Å²) in [5, 5.41) is 26.3. The first-order chi connectivity index (χ1) is 5.69. The van der Waals surface area contributed by atoms with Gasteiger partial charge in [0.05, 0.1) is 23.3 Å². The number of aromatic hydroxyl groups is 1. The van der Waals surface area contributed by atoms with E-state index in [0.717, 1.165) is 0 Å². The van der Waals surface area contributed by atoms with Crippen LogP contribution in [0.5, 0.6) is 5.75 Å². The average molecular weight is 158 g/mol. The van der Waals surface area contributed by atoms with Crippen LogP contribution in [0.25, 0.3) is 0 Å². The van der Waals surface area contributed by atoms with Crippen molar-refractivity contribution >= 4 is 0 Å². The van der Waals surface area contributed by atoms with Gasteiger partial charge in [0.15, 0.2) is 0 Å². The lowest BCUT2D eigenvalue weighted by Gasteiger charge is -1.99. The number of phenolic OH excluding ortho intramolecular Hbond substituents is 1. The smallest absolute Gasteiger partial charge is 0.118 e. The fraction of sp³-hybridized carbons (Fsp3) is 0.111. The van der Waals surface area contributed by atoms with Gasteiger partial charge in [-0.15, -0.1) is 0 Å². The third-order valence-electron chi connectivity index (χ3n) is 1.63. The van der Waals surface area contributed by atoms with Crippen molar-refractivity contribution in [1.82, 2.24) is 0 Å². The van der Waals surface area contributed by atoms with Crippen LogP contribution in [0.15, 0.2) is 12.1 Å². The fourth-order valence-corrected chi connectivity index (χ4v) is 0.931. The van der Waals surface area contributed by atoms with E-state index in [2.05, 4.69) is 0 Å². The van der Waals surface area contributed by atoms with E-state index in [1.165, 1.54) is 12.1 Å². The molecule has 0 aromatic heterocycles. The van der Waals surface area contributed by atoms with Crippen molar-refractivity contribution < 1.29 is 5.11 Å². The van der Waals surface area contributed by atoms with E-state index in [0.29, 0.717) is 16.7 Å². The number of hydrogen-bond donors (Lipinski definition) is 1. The van der Waals surface area contributed by atoms with Crippen LogP contribution in [-0.4, -0.2) is 5.11 Å². The van der Waals surface area contributed by atoms with Crippen molar-refractivity contribution in [3.63, 3.8) is 0 Å². The van der Waals surface area contributed by atoms with E-state index in [-0.39, 0.29) is 5.75 Å². The molecular formula is C9H6N2O. The molecule has 0 fully saturated rings. The fourth-order valence-electron chi connectivity index (χ4n) is 0.931. The Balaban J connectivity index is 3.48. The molecule has 0 saturated heterocycles. The zero-order valence-corrected chi connectivity index (χ0v) is 6.50. The monoisotopic (exact) mass is 158 g/mol. The summed E-state index contributed by atoms with van der Waals surface area (Å²) in [6, 6.07) is 6.49. The van der Waals surface area contributed by atoms with E-state index in [1.54, 1.807) is 6.92 Å². The van der Waals surface area contributed by atoms with Crippen LogP contribution >= 0.6 is 0 Å². The Labute approximate surface area is 70.1 Å². The molecule has 0 aliphatic carbocycles. The van der Waals surface area contributed by atoms with Gasteiger partial charge in [0.25, 0.3) is 0 Å². The van der Waals surface area contributed by atoms with E-state index in [1.807, 2.05) is 12.1 Å². The van der Waals surface area contributed by atoms with E-state index in [4.69, 9.17) is 15.6 Å². The molecule has 1 aromatic carbocycles. The molecule has 12 heavy (non-hydrogen) atoms. The van der Waals surface area contributed by atoms with Gasteiger partial charge < -0.3 is 5.11 Å². The number of phenols is 1. The summed E-state index contributed by atoms with van der Waals surface area (Å²) in [6.45, 7) is 1.68. The van der Waals surface area contributed by atoms with Crippen molar-refractivity contribution in [2.75, 3.05) is 0 Å². The van der Waals surface area contributed by atoms with Crippen LogP contribution < -0.4 is 0 Å². The quantitative estimate of drug-likeness (QED) is 0.621. The molecule has 0 unspecified atom stereocenters. The SMILES string of the molecule is Cc1c(C#N)cc(O)cc1C#N. The second-order valence-corrected chi connectivity index (χ2v) is 2.39. The lowest BCUT2D eigenvalue weighted by Crippen LogP contribution is -1.87. The van der Waals surface area contributed by atoms with Gasteiger partial charge in [0, 0.05) is 0 Å². The van der Waals surface area contributed by atoms with Crippen LogP contribution in [0.1, 0.15) is 16.7 Å². The molecule has 1 rings (SSSR count). The van der Waals surface area contributed by atoms with Gasteiger partial charge in [-0.1, -0.05) is 0 Å². The van der Waals surface area contributed by atoms with E-state index < -0.39 is 0 Å². The summed E-state index contributed by atoms with van der Waals surface area (Å²) >= 11 is 0. The maximum atomic E-state index is 9.08. The molecule has 0 spiro atoms. The summed E-state index contributed by atoms with van der Waals surface area (Å²) in [7, 11) is 0. The first kappa shape index (κ1) is 8.10. The Kier molecular flexibility index (Phi) is 1.98. The third kappa shape index (κ3) is 1.21. The molecule has 0 saturated carbocycles. The van der Waals surface area contributed by atoms with Gasteiger partial charge in [-0.2, -0.15) is 10.5 Å². The molecule has 0 bridgehead atoms. The topological polar surface area (TPSA) is 67.8 Å². The second-order valence-electron chi connectivity index (χ2n) is 2.39. The van der Waals surface area contributed by atoms with Gasteiger partial charge in [-0.05, 0) is 24.6 Å². The summed E-state index contributed by atoms with van der Waals surface area (Å²) < 4.78 is 0. The van der Waals surface area contributed by atoms with Crippen LogP contribution in [0, 0.1) is 29.6 Å². The van der Waals surface area contributed by atoms with Crippen LogP contribution in [-0.2, 0) is 0 Å². The summed E-state index contributed by atoms with van der Waals surface area (Å²) in [6.07, 6.45) is 0.